The van der Waals surface area contributed by atoms with Crippen molar-refractivity contribution >= 4 is 34.8 Å². The Labute approximate surface area is 187 Å². The fourth-order valence-electron chi connectivity index (χ4n) is 3.70. The number of hydrogen-bond acceptors (Lipinski definition) is 3. The van der Waals surface area contributed by atoms with Crippen LogP contribution in [0.25, 0.3) is 0 Å². The lowest BCUT2D eigenvalue weighted by Crippen LogP contribution is -2.29. The van der Waals surface area contributed by atoms with Crippen molar-refractivity contribution in [1.82, 2.24) is 5.32 Å². The Morgan fingerprint density at radius 3 is 2.52 bits per heavy atom. The van der Waals surface area contributed by atoms with E-state index in [4.69, 9.17) is 11.6 Å². The monoisotopic (exact) mass is 433 g/mol. The number of nitrogens with zero attached hydrogens (tertiary/aromatic N) is 2. The minimum atomic E-state index is -0.127. The molecule has 0 unspecified atom stereocenters. The van der Waals surface area contributed by atoms with E-state index in [1.54, 1.807) is 35.2 Å². The highest BCUT2D eigenvalue weighted by Crippen LogP contribution is 2.30. The molecular formula is C25H24ClN3O2. The van der Waals surface area contributed by atoms with Crippen LogP contribution in [-0.2, 0) is 13.0 Å². The number of carbonyl (C=O) groups is 2. The molecule has 6 heteroatoms. The van der Waals surface area contributed by atoms with Gasteiger partial charge < -0.3 is 15.1 Å². The lowest BCUT2D eigenvalue weighted by atomic mass is 10.1. The molecule has 0 atom stereocenters. The molecule has 0 fully saturated rings. The highest BCUT2D eigenvalue weighted by Gasteiger charge is 2.25. The molecule has 158 valence electrons. The van der Waals surface area contributed by atoms with Gasteiger partial charge in [0.25, 0.3) is 11.8 Å². The van der Waals surface area contributed by atoms with Gasteiger partial charge in [-0.3, -0.25) is 9.59 Å². The number of amides is 2. The minimum Gasteiger partial charge on any atom is -0.378 e. The van der Waals surface area contributed by atoms with Crippen molar-refractivity contribution in [2.75, 3.05) is 30.4 Å². The first-order valence-electron chi connectivity index (χ1n) is 10.2. The maximum absolute atomic E-state index is 13.0. The molecule has 0 spiro atoms. The number of hydrogen-bond donors (Lipinski definition) is 1. The predicted octanol–water partition coefficient (Wildman–Crippen LogP) is 4.54. The zero-order chi connectivity index (χ0) is 22.0. The third kappa shape index (κ3) is 4.57. The molecule has 0 radical (unpaired) electrons. The molecule has 1 aliphatic heterocycles. The summed E-state index contributed by atoms with van der Waals surface area (Å²) in [6, 6.07) is 20.5. The van der Waals surface area contributed by atoms with Gasteiger partial charge in [-0.25, -0.2) is 0 Å². The summed E-state index contributed by atoms with van der Waals surface area (Å²) >= 11 is 5.94. The highest BCUT2D eigenvalue weighted by molar-refractivity contribution is 6.30. The van der Waals surface area contributed by atoms with Gasteiger partial charge in [0.05, 0.1) is 0 Å². The van der Waals surface area contributed by atoms with Gasteiger partial charge in [0.1, 0.15) is 0 Å². The second-order valence-corrected chi connectivity index (χ2v) is 8.24. The molecule has 1 heterocycles. The lowest BCUT2D eigenvalue weighted by molar-refractivity contribution is 0.0949. The fraction of sp³-hybridized carbons (Fsp3) is 0.200. The van der Waals surface area contributed by atoms with E-state index in [1.165, 1.54) is 0 Å². The van der Waals surface area contributed by atoms with Gasteiger partial charge in [0.15, 0.2) is 0 Å². The number of nitrogens with one attached hydrogen (secondary N) is 1. The molecule has 1 aliphatic rings. The zero-order valence-corrected chi connectivity index (χ0v) is 18.3. The summed E-state index contributed by atoms with van der Waals surface area (Å²) in [5.41, 5.74) is 5.19. The Kier molecular flexibility index (Phi) is 5.96. The summed E-state index contributed by atoms with van der Waals surface area (Å²) in [5, 5.41) is 3.58. The van der Waals surface area contributed by atoms with Crippen molar-refractivity contribution in [1.29, 1.82) is 0 Å². The standard InChI is InChI=1S/C25H24ClN3O2/c1-28(2)22-5-3-4-20(15-22)24(30)27-16-17-6-7-18-12-13-29(23(18)14-17)25(31)19-8-10-21(26)11-9-19/h3-11,14-15H,12-13,16H2,1-2H3,(H,27,30). The average molecular weight is 434 g/mol. The summed E-state index contributed by atoms with van der Waals surface area (Å²) < 4.78 is 0. The van der Waals surface area contributed by atoms with Crippen LogP contribution in [0, 0.1) is 0 Å². The molecule has 0 saturated carbocycles. The first kappa shape index (κ1) is 20.9. The normalized spacial score (nSPS) is 12.4. The number of benzene rings is 3. The summed E-state index contributed by atoms with van der Waals surface area (Å²) in [6.07, 6.45) is 0.818. The number of anilines is 2. The van der Waals surface area contributed by atoms with Crippen molar-refractivity contribution in [2.24, 2.45) is 0 Å². The first-order valence-corrected chi connectivity index (χ1v) is 10.5. The second-order valence-electron chi connectivity index (χ2n) is 7.80. The van der Waals surface area contributed by atoms with Gasteiger partial charge in [-0.2, -0.15) is 0 Å². The summed E-state index contributed by atoms with van der Waals surface area (Å²) in [6.45, 7) is 1.03. The van der Waals surface area contributed by atoms with Crippen LogP contribution in [0.2, 0.25) is 5.02 Å². The van der Waals surface area contributed by atoms with Gasteiger partial charge in [-0.15, -0.1) is 0 Å². The Balaban J connectivity index is 1.47. The summed E-state index contributed by atoms with van der Waals surface area (Å²) in [5.74, 6) is -0.171. The highest BCUT2D eigenvalue weighted by atomic mass is 35.5. The third-order valence-electron chi connectivity index (χ3n) is 5.46. The van der Waals surface area contributed by atoms with E-state index in [0.717, 1.165) is 28.9 Å². The lowest BCUT2D eigenvalue weighted by Gasteiger charge is -2.18. The van der Waals surface area contributed by atoms with E-state index < -0.39 is 0 Å². The molecule has 3 aromatic carbocycles. The van der Waals surface area contributed by atoms with Crippen LogP contribution >= 0.6 is 11.6 Å². The van der Waals surface area contributed by atoms with E-state index in [1.807, 2.05) is 55.4 Å². The van der Waals surface area contributed by atoms with Gasteiger partial charge in [0, 0.05) is 54.7 Å². The maximum Gasteiger partial charge on any atom is 0.258 e. The molecule has 31 heavy (non-hydrogen) atoms. The molecule has 3 aromatic rings. The molecule has 4 rings (SSSR count). The van der Waals surface area contributed by atoms with Crippen LogP contribution in [0.1, 0.15) is 31.8 Å². The Bertz CT molecular complexity index is 1130. The molecule has 0 saturated heterocycles. The van der Waals surface area contributed by atoms with Crippen molar-refractivity contribution in [3.63, 3.8) is 0 Å². The van der Waals surface area contributed by atoms with Gasteiger partial charge in [-0.05, 0) is 66.1 Å². The molecule has 0 aromatic heterocycles. The summed E-state index contributed by atoms with van der Waals surface area (Å²) in [7, 11) is 3.89. The van der Waals surface area contributed by atoms with Crippen LogP contribution in [0.4, 0.5) is 11.4 Å². The van der Waals surface area contributed by atoms with Crippen LogP contribution in [-0.4, -0.2) is 32.5 Å². The molecule has 0 bridgehead atoms. The number of carbonyl (C=O) groups excluding carboxylic acids is 2. The topological polar surface area (TPSA) is 52.7 Å². The third-order valence-corrected chi connectivity index (χ3v) is 5.71. The van der Waals surface area contributed by atoms with Crippen molar-refractivity contribution in [2.45, 2.75) is 13.0 Å². The van der Waals surface area contributed by atoms with Crippen LogP contribution < -0.4 is 15.1 Å². The molecule has 2 amide bonds. The van der Waals surface area contributed by atoms with Crippen LogP contribution in [0.15, 0.2) is 66.7 Å². The minimum absolute atomic E-state index is 0.0443. The zero-order valence-electron chi connectivity index (χ0n) is 17.6. The largest absolute Gasteiger partial charge is 0.378 e. The van der Waals surface area contributed by atoms with E-state index >= 15 is 0 Å². The smallest absolute Gasteiger partial charge is 0.258 e. The van der Waals surface area contributed by atoms with E-state index in [0.29, 0.717) is 29.2 Å². The van der Waals surface area contributed by atoms with E-state index in [2.05, 4.69) is 5.32 Å². The first-order chi connectivity index (χ1) is 14.9. The van der Waals surface area contributed by atoms with Gasteiger partial charge in [0.2, 0.25) is 0 Å². The van der Waals surface area contributed by atoms with Crippen LogP contribution in [0.3, 0.4) is 0 Å². The number of fused-ring (bicyclic) bond motifs is 1. The maximum atomic E-state index is 13.0. The average Bonchev–Trinajstić information content (AvgIpc) is 3.20. The number of rotatable bonds is 5. The molecule has 1 N–H and O–H groups in total. The number of halogens is 1. The van der Waals surface area contributed by atoms with Gasteiger partial charge >= 0.3 is 0 Å². The molecule has 0 aliphatic carbocycles. The van der Waals surface area contributed by atoms with Gasteiger partial charge in [-0.1, -0.05) is 29.8 Å². The Morgan fingerprint density at radius 1 is 1.00 bits per heavy atom. The Hall–Kier alpha value is -3.31. The van der Waals surface area contributed by atoms with Crippen molar-refractivity contribution in [3.8, 4) is 0 Å². The fourth-order valence-corrected chi connectivity index (χ4v) is 3.83. The summed E-state index contributed by atoms with van der Waals surface area (Å²) in [4.78, 5) is 29.3. The van der Waals surface area contributed by atoms with Crippen molar-refractivity contribution in [3.05, 3.63) is 94.0 Å². The van der Waals surface area contributed by atoms with E-state index in [9.17, 15) is 9.59 Å². The van der Waals surface area contributed by atoms with E-state index in [-0.39, 0.29) is 11.8 Å². The second kappa shape index (κ2) is 8.82. The predicted molar refractivity (Wildman–Crippen MR) is 125 cm³/mol. The van der Waals surface area contributed by atoms with Crippen LogP contribution in [0.5, 0.6) is 0 Å². The SMILES string of the molecule is CN(C)c1cccc(C(=O)NCc2ccc3c(c2)N(C(=O)c2ccc(Cl)cc2)CC3)c1. The molecule has 5 nitrogen and oxygen atoms in total. The Morgan fingerprint density at radius 2 is 1.77 bits per heavy atom. The molecular weight excluding hydrogens is 410 g/mol. The quantitative estimate of drug-likeness (QED) is 0.642. The van der Waals surface area contributed by atoms with Crippen molar-refractivity contribution < 1.29 is 9.59 Å².